The van der Waals surface area contributed by atoms with Crippen LogP contribution in [0, 0.1) is 0 Å². The van der Waals surface area contributed by atoms with Gasteiger partial charge in [0.2, 0.25) is 23.7 Å². The highest BCUT2D eigenvalue weighted by atomic mass is 16.2. The summed E-state index contributed by atoms with van der Waals surface area (Å²) >= 11 is 0. The number of aromatic nitrogens is 3. The van der Waals surface area contributed by atoms with Crippen LogP contribution in [0.4, 0.5) is 11.9 Å². The van der Waals surface area contributed by atoms with Gasteiger partial charge in [0.1, 0.15) is 0 Å². The highest BCUT2D eigenvalue weighted by Gasteiger charge is 2.13. The van der Waals surface area contributed by atoms with Gasteiger partial charge in [-0.2, -0.15) is 15.0 Å². The van der Waals surface area contributed by atoms with E-state index in [1.54, 1.807) is 0 Å². The molecule has 0 unspecified atom stereocenters. The fraction of sp³-hybridized carbons (Fsp3) is 0.214. The molecule has 1 aromatic heterocycles. The Kier molecular flexibility index (Phi) is 4.97. The molecule has 0 bridgehead atoms. The quantitative estimate of drug-likeness (QED) is 0.653. The molecule has 1 fully saturated rings. The van der Waals surface area contributed by atoms with E-state index < -0.39 is 0 Å². The Balaban J connectivity index is 0.000000188. The van der Waals surface area contributed by atoms with Crippen LogP contribution in [0.5, 0.6) is 0 Å². The molecular weight excluding hydrogens is 284 g/mol. The summed E-state index contributed by atoms with van der Waals surface area (Å²) in [5, 5.41) is 2.20. The highest BCUT2D eigenvalue weighted by Crippen LogP contribution is 2.14. The van der Waals surface area contributed by atoms with Crippen LogP contribution in [-0.4, -0.2) is 26.8 Å². The number of carbonyl (C=O) groups is 2. The van der Waals surface area contributed by atoms with Crippen molar-refractivity contribution in [3.05, 3.63) is 30.3 Å². The number of hydrogen-bond acceptors (Lipinski definition) is 7. The molecule has 0 radical (unpaired) electrons. The van der Waals surface area contributed by atoms with Crippen molar-refractivity contribution in [2.45, 2.75) is 19.3 Å². The van der Waals surface area contributed by atoms with E-state index in [1.807, 2.05) is 30.3 Å². The second-order valence-corrected chi connectivity index (χ2v) is 4.57. The maximum absolute atomic E-state index is 10.3. The van der Waals surface area contributed by atoms with E-state index in [-0.39, 0.29) is 23.7 Å². The normalized spacial score (nSPS) is 13.8. The van der Waals surface area contributed by atoms with Gasteiger partial charge >= 0.3 is 0 Å². The smallest absolute Gasteiger partial charge is 0.226 e. The van der Waals surface area contributed by atoms with Gasteiger partial charge < -0.3 is 11.5 Å². The molecule has 2 aromatic rings. The number of nitrogen functional groups attached to an aromatic ring is 2. The molecule has 2 amide bonds. The van der Waals surface area contributed by atoms with Gasteiger partial charge in [-0.05, 0) is 6.42 Å². The summed E-state index contributed by atoms with van der Waals surface area (Å²) in [4.78, 5) is 32.3. The van der Waals surface area contributed by atoms with Crippen molar-refractivity contribution in [2.75, 3.05) is 11.5 Å². The summed E-state index contributed by atoms with van der Waals surface area (Å²) in [5.41, 5.74) is 11.8. The van der Waals surface area contributed by atoms with E-state index in [0.29, 0.717) is 25.1 Å². The van der Waals surface area contributed by atoms with Crippen molar-refractivity contribution in [1.82, 2.24) is 20.3 Å². The number of piperidine rings is 1. The molecule has 8 nitrogen and oxygen atoms in total. The summed E-state index contributed by atoms with van der Waals surface area (Å²) < 4.78 is 0. The lowest BCUT2D eigenvalue weighted by Gasteiger charge is -2.07. The number of hydrogen-bond donors (Lipinski definition) is 3. The van der Waals surface area contributed by atoms with E-state index in [0.717, 1.165) is 5.56 Å². The van der Waals surface area contributed by atoms with Gasteiger partial charge in [-0.15, -0.1) is 0 Å². The van der Waals surface area contributed by atoms with Crippen LogP contribution in [0.1, 0.15) is 19.3 Å². The Hall–Kier alpha value is -3.03. The fourth-order valence-electron chi connectivity index (χ4n) is 1.82. The van der Waals surface area contributed by atoms with Crippen molar-refractivity contribution in [3.8, 4) is 11.4 Å². The zero-order valence-corrected chi connectivity index (χ0v) is 11.8. The number of nitrogens with one attached hydrogen (secondary N) is 1. The maximum Gasteiger partial charge on any atom is 0.226 e. The fourth-order valence-corrected chi connectivity index (χ4v) is 1.82. The minimum atomic E-state index is -0.138. The summed E-state index contributed by atoms with van der Waals surface area (Å²) in [7, 11) is 0. The lowest BCUT2D eigenvalue weighted by Crippen LogP contribution is -2.33. The monoisotopic (exact) mass is 300 g/mol. The first kappa shape index (κ1) is 15.4. The van der Waals surface area contributed by atoms with Crippen molar-refractivity contribution in [3.63, 3.8) is 0 Å². The third kappa shape index (κ3) is 4.51. The maximum atomic E-state index is 10.3. The van der Waals surface area contributed by atoms with Crippen LogP contribution in [0.2, 0.25) is 0 Å². The SMILES string of the molecule is Nc1nc(N)nc(-c2ccccc2)n1.O=C1CCCC(=O)N1. The standard InChI is InChI=1S/C9H9N5.C5H7NO2/c10-8-12-7(13-9(11)14-8)6-4-2-1-3-5-6;7-4-2-1-3-5(8)6-4/h1-5H,(H4,10,11,12,13,14);1-3H2,(H,6,7,8). The third-order valence-electron chi connectivity index (χ3n) is 2.79. The van der Waals surface area contributed by atoms with Crippen LogP contribution in [0.25, 0.3) is 11.4 Å². The zero-order valence-electron chi connectivity index (χ0n) is 11.8. The summed E-state index contributed by atoms with van der Waals surface area (Å²) in [6.07, 6.45) is 1.72. The van der Waals surface area contributed by atoms with Gasteiger partial charge in [-0.3, -0.25) is 14.9 Å². The first-order valence-corrected chi connectivity index (χ1v) is 6.70. The summed E-state index contributed by atoms with van der Waals surface area (Å²) in [5.74, 6) is 0.491. The van der Waals surface area contributed by atoms with Gasteiger partial charge in [-0.25, -0.2) is 0 Å². The van der Waals surface area contributed by atoms with Gasteiger partial charge in [0.15, 0.2) is 5.82 Å². The summed E-state index contributed by atoms with van der Waals surface area (Å²) in [6.45, 7) is 0. The molecular formula is C14H16N6O2. The van der Waals surface area contributed by atoms with Crippen molar-refractivity contribution < 1.29 is 9.59 Å². The molecule has 2 heterocycles. The molecule has 22 heavy (non-hydrogen) atoms. The molecule has 114 valence electrons. The van der Waals surface area contributed by atoms with Crippen molar-refractivity contribution in [1.29, 1.82) is 0 Å². The van der Waals surface area contributed by atoms with Crippen LogP contribution < -0.4 is 16.8 Å². The van der Waals surface area contributed by atoms with Crippen LogP contribution in [0.15, 0.2) is 30.3 Å². The molecule has 0 atom stereocenters. The second-order valence-electron chi connectivity index (χ2n) is 4.57. The number of carbonyl (C=O) groups excluding carboxylic acids is 2. The Morgan fingerprint density at radius 2 is 1.41 bits per heavy atom. The highest BCUT2D eigenvalue weighted by molar-refractivity contribution is 5.97. The molecule has 3 rings (SSSR count). The van der Waals surface area contributed by atoms with E-state index >= 15 is 0 Å². The van der Waals surface area contributed by atoms with E-state index in [9.17, 15) is 9.59 Å². The second kappa shape index (κ2) is 7.11. The van der Waals surface area contributed by atoms with Gasteiger partial charge in [0, 0.05) is 18.4 Å². The van der Waals surface area contributed by atoms with Gasteiger partial charge in [0.25, 0.3) is 0 Å². The molecule has 1 aliphatic heterocycles. The lowest BCUT2D eigenvalue weighted by molar-refractivity contribution is -0.132. The minimum absolute atomic E-state index is 0.136. The van der Waals surface area contributed by atoms with E-state index in [4.69, 9.17) is 11.5 Å². The van der Waals surface area contributed by atoms with Crippen molar-refractivity contribution >= 4 is 23.7 Å². The predicted molar refractivity (Wildman–Crippen MR) is 81.1 cm³/mol. The molecule has 0 spiro atoms. The Morgan fingerprint density at radius 1 is 0.864 bits per heavy atom. The molecule has 1 saturated heterocycles. The summed E-state index contributed by atoms with van der Waals surface area (Å²) in [6, 6.07) is 9.47. The Morgan fingerprint density at radius 3 is 1.86 bits per heavy atom. The first-order valence-electron chi connectivity index (χ1n) is 6.70. The average molecular weight is 300 g/mol. The number of anilines is 2. The molecule has 1 aromatic carbocycles. The third-order valence-corrected chi connectivity index (χ3v) is 2.79. The Labute approximate surface area is 127 Å². The number of benzene rings is 1. The van der Waals surface area contributed by atoms with E-state index in [2.05, 4.69) is 20.3 Å². The number of rotatable bonds is 1. The molecule has 1 aliphatic rings. The predicted octanol–water partition coefficient (Wildman–Crippen LogP) is 0.516. The van der Waals surface area contributed by atoms with Crippen LogP contribution in [-0.2, 0) is 9.59 Å². The number of nitrogens with two attached hydrogens (primary N) is 2. The van der Waals surface area contributed by atoms with Crippen LogP contribution in [0.3, 0.4) is 0 Å². The van der Waals surface area contributed by atoms with Gasteiger partial charge in [-0.1, -0.05) is 30.3 Å². The van der Waals surface area contributed by atoms with E-state index in [1.165, 1.54) is 0 Å². The minimum Gasteiger partial charge on any atom is -0.368 e. The molecule has 5 N–H and O–H groups in total. The largest absolute Gasteiger partial charge is 0.368 e. The van der Waals surface area contributed by atoms with Crippen molar-refractivity contribution in [2.24, 2.45) is 0 Å². The lowest BCUT2D eigenvalue weighted by atomic mass is 10.1. The number of amides is 2. The first-order chi connectivity index (χ1) is 10.5. The Bertz CT molecular complexity index is 640. The molecule has 0 saturated carbocycles. The molecule has 8 heteroatoms. The average Bonchev–Trinajstić information content (AvgIpc) is 2.47. The number of nitrogens with zero attached hydrogens (tertiary/aromatic N) is 3. The topological polar surface area (TPSA) is 137 Å². The zero-order chi connectivity index (χ0) is 15.9. The van der Waals surface area contributed by atoms with Gasteiger partial charge in [0.05, 0.1) is 0 Å². The molecule has 0 aliphatic carbocycles. The van der Waals surface area contributed by atoms with Crippen LogP contribution >= 0.6 is 0 Å². The number of imide groups is 1.